The van der Waals surface area contributed by atoms with Crippen molar-refractivity contribution < 1.29 is 18.0 Å². The molecule has 0 saturated carbocycles. The van der Waals surface area contributed by atoms with E-state index >= 15 is 0 Å². The van der Waals surface area contributed by atoms with Crippen LogP contribution in [0.5, 0.6) is 0 Å². The quantitative estimate of drug-likeness (QED) is 0.699. The summed E-state index contributed by atoms with van der Waals surface area (Å²) in [6.45, 7) is 0. The number of aryl methyl sites for hydroxylation is 1. The predicted molar refractivity (Wildman–Crippen MR) is 87.9 cm³/mol. The summed E-state index contributed by atoms with van der Waals surface area (Å²) < 4.78 is 41.5. The molecule has 0 aliphatic heterocycles. The molecule has 0 bridgehead atoms. The topological polar surface area (TPSA) is 46.9 Å². The van der Waals surface area contributed by atoms with Crippen LogP contribution in [0.2, 0.25) is 5.02 Å². The fourth-order valence-electron chi connectivity index (χ4n) is 2.32. The SMILES string of the molecule is Cn1cc(C(=O)Nc2ccc(F)c(F)c2F)c(-c2ccccc2Cl)n1. The zero-order chi connectivity index (χ0) is 18.1. The zero-order valence-electron chi connectivity index (χ0n) is 12.9. The van der Waals surface area contributed by atoms with E-state index in [1.54, 1.807) is 31.3 Å². The van der Waals surface area contributed by atoms with Gasteiger partial charge < -0.3 is 5.32 Å². The minimum absolute atomic E-state index is 0.111. The Labute approximate surface area is 145 Å². The lowest BCUT2D eigenvalue weighted by Gasteiger charge is -2.08. The molecule has 0 spiro atoms. The number of hydrogen-bond acceptors (Lipinski definition) is 2. The summed E-state index contributed by atoms with van der Waals surface area (Å²) in [6.07, 6.45) is 1.42. The summed E-state index contributed by atoms with van der Waals surface area (Å²) in [6, 6.07) is 8.45. The molecule has 0 fully saturated rings. The highest BCUT2D eigenvalue weighted by molar-refractivity contribution is 6.33. The molecule has 1 N–H and O–H groups in total. The Hall–Kier alpha value is -2.80. The Morgan fingerprint density at radius 3 is 2.56 bits per heavy atom. The number of benzene rings is 2. The van der Waals surface area contributed by atoms with Crippen molar-refractivity contribution in [1.29, 1.82) is 0 Å². The average Bonchev–Trinajstić information content (AvgIpc) is 2.97. The second-order valence-electron chi connectivity index (χ2n) is 5.22. The lowest BCUT2D eigenvalue weighted by Crippen LogP contribution is -2.14. The summed E-state index contributed by atoms with van der Waals surface area (Å²) in [4.78, 5) is 12.5. The molecule has 3 aromatic rings. The third kappa shape index (κ3) is 3.23. The van der Waals surface area contributed by atoms with Crippen molar-refractivity contribution in [3.05, 3.63) is 70.6 Å². The first-order valence-electron chi connectivity index (χ1n) is 7.12. The molecule has 1 amide bonds. The second-order valence-corrected chi connectivity index (χ2v) is 5.63. The van der Waals surface area contributed by atoms with Crippen LogP contribution in [0.4, 0.5) is 18.9 Å². The largest absolute Gasteiger partial charge is 0.319 e. The lowest BCUT2D eigenvalue weighted by molar-refractivity contribution is 0.102. The van der Waals surface area contributed by atoms with E-state index in [2.05, 4.69) is 10.4 Å². The smallest absolute Gasteiger partial charge is 0.259 e. The van der Waals surface area contributed by atoms with Gasteiger partial charge in [-0.1, -0.05) is 29.8 Å². The Morgan fingerprint density at radius 1 is 1.12 bits per heavy atom. The van der Waals surface area contributed by atoms with E-state index < -0.39 is 29.0 Å². The first-order chi connectivity index (χ1) is 11.9. The molecule has 0 radical (unpaired) electrons. The molecule has 1 aromatic heterocycles. The number of rotatable bonds is 3. The third-order valence-electron chi connectivity index (χ3n) is 3.49. The van der Waals surface area contributed by atoms with Crippen molar-refractivity contribution in [3.8, 4) is 11.3 Å². The maximum absolute atomic E-state index is 13.8. The van der Waals surface area contributed by atoms with Crippen molar-refractivity contribution in [2.75, 3.05) is 5.32 Å². The van der Waals surface area contributed by atoms with E-state index in [1.807, 2.05) is 0 Å². The molecule has 2 aromatic carbocycles. The molecule has 1 heterocycles. The Morgan fingerprint density at radius 2 is 1.84 bits per heavy atom. The number of amides is 1. The number of nitrogens with zero attached hydrogens (tertiary/aromatic N) is 2. The number of carbonyl (C=O) groups is 1. The fraction of sp³-hybridized carbons (Fsp3) is 0.0588. The Balaban J connectivity index is 1.99. The van der Waals surface area contributed by atoms with Crippen molar-refractivity contribution >= 4 is 23.2 Å². The predicted octanol–water partition coefficient (Wildman–Crippen LogP) is 4.41. The molecule has 0 saturated heterocycles. The van der Waals surface area contributed by atoms with Crippen molar-refractivity contribution in [1.82, 2.24) is 9.78 Å². The fourth-order valence-corrected chi connectivity index (χ4v) is 2.54. The van der Waals surface area contributed by atoms with Crippen LogP contribution in [0, 0.1) is 17.5 Å². The van der Waals surface area contributed by atoms with Crippen LogP contribution in [0.15, 0.2) is 42.6 Å². The average molecular weight is 366 g/mol. The van der Waals surface area contributed by atoms with Crippen LogP contribution in [-0.2, 0) is 7.05 Å². The molecular weight excluding hydrogens is 355 g/mol. The van der Waals surface area contributed by atoms with Gasteiger partial charge in [0.1, 0.15) is 5.69 Å². The maximum Gasteiger partial charge on any atom is 0.259 e. The summed E-state index contributed by atoms with van der Waals surface area (Å²) in [7, 11) is 1.61. The van der Waals surface area contributed by atoms with Gasteiger partial charge >= 0.3 is 0 Å². The molecule has 0 aliphatic rings. The van der Waals surface area contributed by atoms with Gasteiger partial charge in [-0.2, -0.15) is 5.10 Å². The highest BCUT2D eigenvalue weighted by Gasteiger charge is 2.21. The highest BCUT2D eigenvalue weighted by atomic mass is 35.5. The number of nitrogens with one attached hydrogen (secondary N) is 1. The van der Waals surface area contributed by atoms with E-state index in [-0.39, 0.29) is 11.3 Å². The summed E-state index contributed by atoms with van der Waals surface area (Å²) in [5, 5.41) is 6.81. The molecule has 0 aliphatic carbocycles. The van der Waals surface area contributed by atoms with Crippen molar-refractivity contribution in [3.63, 3.8) is 0 Å². The highest BCUT2D eigenvalue weighted by Crippen LogP contribution is 2.30. The normalized spacial score (nSPS) is 10.8. The van der Waals surface area contributed by atoms with Crippen LogP contribution in [-0.4, -0.2) is 15.7 Å². The van der Waals surface area contributed by atoms with Gasteiger partial charge in [-0.05, 0) is 18.2 Å². The molecule has 0 unspecified atom stereocenters. The number of hydrogen-bond donors (Lipinski definition) is 1. The summed E-state index contributed by atoms with van der Waals surface area (Å²) >= 11 is 6.14. The lowest BCUT2D eigenvalue weighted by atomic mass is 10.1. The van der Waals surface area contributed by atoms with Gasteiger partial charge in [0.2, 0.25) is 0 Å². The minimum Gasteiger partial charge on any atom is -0.319 e. The second kappa shape index (κ2) is 6.60. The standard InChI is InChI=1S/C17H11ClF3N3O/c1-24-8-10(16(23-24)9-4-2-3-5-11(9)18)17(25)22-13-7-6-12(19)14(20)15(13)21/h2-8H,1H3,(H,22,25). The Bertz CT molecular complexity index is 972. The van der Waals surface area contributed by atoms with E-state index in [0.29, 0.717) is 10.6 Å². The van der Waals surface area contributed by atoms with Crippen LogP contribution in [0.1, 0.15) is 10.4 Å². The van der Waals surface area contributed by atoms with Gasteiger partial charge in [0.15, 0.2) is 17.5 Å². The monoisotopic (exact) mass is 365 g/mol. The van der Waals surface area contributed by atoms with Crippen molar-refractivity contribution in [2.45, 2.75) is 0 Å². The first kappa shape index (κ1) is 17.0. The molecule has 25 heavy (non-hydrogen) atoms. The van der Waals surface area contributed by atoms with Gasteiger partial charge in [-0.25, -0.2) is 13.2 Å². The van der Waals surface area contributed by atoms with Crippen molar-refractivity contribution in [2.24, 2.45) is 7.05 Å². The molecule has 8 heteroatoms. The van der Waals surface area contributed by atoms with E-state index in [4.69, 9.17) is 11.6 Å². The molecule has 0 atom stereocenters. The molecule has 3 rings (SSSR count). The first-order valence-corrected chi connectivity index (χ1v) is 7.49. The minimum atomic E-state index is -1.66. The van der Waals surface area contributed by atoms with Crippen LogP contribution >= 0.6 is 11.6 Å². The molecular formula is C17H11ClF3N3O. The van der Waals surface area contributed by atoms with Crippen LogP contribution in [0.25, 0.3) is 11.3 Å². The van der Waals surface area contributed by atoms with Crippen LogP contribution < -0.4 is 5.32 Å². The Kier molecular flexibility index (Phi) is 4.50. The molecule has 4 nitrogen and oxygen atoms in total. The maximum atomic E-state index is 13.8. The third-order valence-corrected chi connectivity index (χ3v) is 3.82. The van der Waals surface area contributed by atoms with E-state index in [0.717, 1.165) is 12.1 Å². The van der Waals surface area contributed by atoms with Gasteiger partial charge in [0, 0.05) is 18.8 Å². The number of carbonyl (C=O) groups excluding carboxylic acids is 1. The number of anilines is 1. The number of aromatic nitrogens is 2. The van der Waals surface area contributed by atoms with E-state index in [1.165, 1.54) is 10.9 Å². The van der Waals surface area contributed by atoms with Gasteiger partial charge in [-0.15, -0.1) is 0 Å². The summed E-state index contributed by atoms with van der Waals surface area (Å²) in [5.74, 6) is -5.20. The molecule has 128 valence electrons. The van der Waals surface area contributed by atoms with Gasteiger partial charge in [-0.3, -0.25) is 9.48 Å². The van der Waals surface area contributed by atoms with Gasteiger partial charge in [0.25, 0.3) is 5.91 Å². The zero-order valence-corrected chi connectivity index (χ0v) is 13.6. The van der Waals surface area contributed by atoms with Crippen LogP contribution in [0.3, 0.4) is 0 Å². The van der Waals surface area contributed by atoms with E-state index in [9.17, 15) is 18.0 Å². The number of halogens is 4. The summed E-state index contributed by atoms with van der Waals surface area (Å²) in [5.41, 5.74) is 0.437. The van der Waals surface area contributed by atoms with Gasteiger partial charge in [0.05, 0.1) is 16.3 Å².